The highest BCUT2D eigenvalue weighted by Gasteiger charge is 2.12. The van der Waals surface area contributed by atoms with E-state index in [0.717, 1.165) is 16.7 Å². The Balaban J connectivity index is 1.59. The number of hydrogen-bond donors (Lipinski definition) is 1. The minimum absolute atomic E-state index is 0.189. The van der Waals surface area contributed by atoms with Crippen LogP contribution in [0.5, 0.6) is 5.75 Å². The number of hydrogen-bond acceptors (Lipinski definition) is 4. The van der Waals surface area contributed by atoms with Gasteiger partial charge in [0.1, 0.15) is 11.4 Å². The molecule has 154 valence electrons. The maximum atomic E-state index is 10.9. The molecular formula is C23H20ClNO4S. The quantitative estimate of drug-likeness (QED) is 0.443. The molecule has 0 fully saturated rings. The lowest BCUT2D eigenvalue weighted by molar-refractivity contribution is 0.270. The molecule has 0 bridgehead atoms. The average molecular weight is 442 g/mol. The van der Waals surface area contributed by atoms with Crippen molar-refractivity contribution in [2.75, 3.05) is 12.4 Å². The first-order valence-electron chi connectivity index (χ1n) is 9.20. The van der Waals surface area contributed by atoms with E-state index in [2.05, 4.69) is 16.8 Å². The third kappa shape index (κ3) is 6.89. The van der Waals surface area contributed by atoms with E-state index >= 15 is 0 Å². The van der Waals surface area contributed by atoms with E-state index in [4.69, 9.17) is 20.9 Å². The molecule has 0 radical (unpaired) electrons. The van der Waals surface area contributed by atoms with Crippen molar-refractivity contribution in [1.29, 1.82) is 0 Å². The Kier molecular flexibility index (Phi) is 7.11. The molecule has 0 amide bonds. The van der Waals surface area contributed by atoms with Crippen LogP contribution in [-0.4, -0.2) is 30.3 Å². The maximum Gasteiger partial charge on any atom is 0.265 e. The zero-order chi connectivity index (χ0) is 21.6. The zero-order valence-corrected chi connectivity index (χ0v) is 17.8. The highest BCUT2D eigenvalue weighted by molar-refractivity contribution is 7.85. The minimum atomic E-state index is -4.00. The molecular weight excluding hydrogens is 422 g/mol. The smallest absolute Gasteiger partial charge is 0.265 e. The highest BCUT2D eigenvalue weighted by atomic mass is 35.5. The number of rotatable bonds is 6. The summed E-state index contributed by atoms with van der Waals surface area (Å²) >= 11 is 5.92. The maximum absolute atomic E-state index is 10.9. The molecule has 0 aliphatic heterocycles. The molecule has 1 aromatic heterocycles. The Morgan fingerprint density at radius 1 is 1.00 bits per heavy atom. The molecule has 0 saturated heterocycles. The molecule has 30 heavy (non-hydrogen) atoms. The van der Waals surface area contributed by atoms with E-state index in [9.17, 15) is 8.42 Å². The summed E-state index contributed by atoms with van der Waals surface area (Å²) in [7, 11) is -4.00. The standard InChI is InChI=1S/C23H20ClNO4S/c1-17(16-30(26,27)28)15-29-23-12-3-18(4-13-23)2-10-22-11-7-20(14-25-22)19-5-8-21(24)9-6-19/h3-9,11-14,17H,15-16H2,1H3,(H,26,27,28). The average Bonchev–Trinajstić information content (AvgIpc) is 2.71. The SMILES string of the molecule is CC(COc1ccc(C#Cc2ccc(-c3ccc(Cl)cc3)cn2)cc1)CS(=O)(=O)O. The van der Waals surface area contributed by atoms with Gasteiger partial charge in [-0.25, -0.2) is 4.98 Å². The number of aromatic nitrogens is 1. The monoisotopic (exact) mass is 441 g/mol. The fraction of sp³-hybridized carbons (Fsp3) is 0.174. The number of pyridine rings is 1. The molecule has 3 aromatic rings. The minimum Gasteiger partial charge on any atom is -0.493 e. The number of halogens is 1. The lowest BCUT2D eigenvalue weighted by atomic mass is 10.1. The lowest BCUT2D eigenvalue weighted by Crippen LogP contribution is -2.18. The van der Waals surface area contributed by atoms with Crippen molar-refractivity contribution in [1.82, 2.24) is 4.98 Å². The summed E-state index contributed by atoms with van der Waals surface area (Å²) in [5.41, 5.74) is 3.49. The van der Waals surface area contributed by atoms with Crippen LogP contribution in [-0.2, 0) is 10.1 Å². The summed E-state index contributed by atoms with van der Waals surface area (Å²) in [4.78, 5) is 4.39. The summed E-state index contributed by atoms with van der Waals surface area (Å²) in [6.07, 6.45) is 1.78. The molecule has 1 N–H and O–H groups in total. The van der Waals surface area contributed by atoms with Crippen LogP contribution in [0.15, 0.2) is 66.9 Å². The van der Waals surface area contributed by atoms with Crippen molar-refractivity contribution in [2.24, 2.45) is 5.92 Å². The van der Waals surface area contributed by atoms with Crippen LogP contribution in [0, 0.1) is 17.8 Å². The topological polar surface area (TPSA) is 76.5 Å². The molecule has 1 unspecified atom stereocenters. The third-order valence-corrected chi connectivity index (χ3v) is 5.40. The molecule has 0 spiro atoms. The summed E-state index contributed by atoms with van der Waals surface area (Å²) in [5, 5.41) is 0.693. The molecule has 2 aromatic carbocycles. The van der Waals surface area contributed by atoms with E-state index in [-0.39, 0.29) is 18.3 Å². The Morgan fingerprint density at radius 2 is 1.67 bits per heavy atom. The van der Waals surface area contributed by atoms with Crippen molar-refractivity contribution in [3.05, 3.63) is 83.1 Å². The highest BCUT2D eigenvalue weighted by Crippen LogP contribution is 2.20. The van der Waals surface area contributed by atoms with E-state index in [1.807, 2.05) is 48.5 Å². The molecule has 5 nitrogen and oxygen atoms in total. The lowest BCUT2D eigenvalue weighted by Gasteiger charge is -2.11. The van der Waals surface area contributed by atoms with Gasteiger partial charge in [-0.2, -0.15) is 8.42 Å². The Morgan fingerprint density at radius 3 is 2.27 bits per heavy atom. The van der Waals surface area contributed by atoms with Gasteiger partial charge in [0.05, 0.1) is 12.4 Å². The van der Waals surface area contributed by atoms with Crippen LogP contribution >= 0.6 is 11.6 Å². The zero-order valence-electron chi connectivity index (χ0n) is 16.2. The molecule has 0 saturated carbocycles. The summed E-state index contributed by atoms with van der Waals surface area (Å²) in [6.45, 7) is 1.88. The van der Waals surface area contributed by atoms with Crippen molar-refractivity contribution in [2.45, 2.75) is 6.92 Å². The molecule has 1 atom stereocenters. The van der Waals surface area contributed by atoms with Gasteiger partial charge in [0, 0.05) is 28.3 Å². The second-order valence-electron chi connectivity index (χ2n) is 6.88. The molecule has 3 rings (SSSR count). The van der Waals surface area contributed by atoms with Crippen molar-refractivity contribution in [3.63, 3.8) is 0 Å². The third-order valence-electron chi connectivity index (χ3n) is 4.16. The van der Waals surface area contributed by atoms with Crippen molar-refractivity contribution >= 4 is 21.7 Å². The number of ether oxygens (including phenoxy) is 1. The van der Waals surface area contributed by atoms with Crippen LogP contribution in [0.2, 0.25) is 5.02 Å². The normalized spacial score (nSPS) is 12.0. The second-order valence-corrected chi connectivity index (χ2v) is 8.81. The van der Waals surface area contributed by atoms with Gasteiger partial charge < -0.3 is 4.74 Å². The fourth-order valence-electron chi connectivity index (χ4n) is 2.70. The van der Waals surface area contributed by atoms with Crippen LogP contribution in [0.25, 0.3) is 11.1 Å². The van der Waals surface area contributed by atoms with E-state index in [1.54, 1.807) is 25.3 Å². The molecule has 0 aliphatic carbocycles. The first-order chi connectivity index (χ1) is 14.3. The summed E-state index contributed by atoms with van der Waals surface area (Å²) < 4.78 is 36.1. The van der Waals surface area contributed by atoms with Crippen LogP contribution in [0.3, 0.4) is 0 Å². The van der Waals surface area contributed by atoms with Gasteiger partial charge in [0.25, 0.3) is 10.1 Å². The van der Waals surface area contributed by atoms with E-state index in [1.165, 1.54) is 0 Å². The van der Waals surface area contributed by atoms with Gasteiger partial charge in [-0.15, -0.1) is 0 Å². The van der Waals surface area contributed by atoms with Gasteiger partial charge in [-0.1, -0.05) is 42.6 Å². The van der Waals surface area contributed by atoms with E-state index in [0.29, 0.717) is 16.5 Å². The Labute approximate surface area is 181 Å². The first kappa shape index (κ1) is 21.8. The van der Waals surface area contributed by atoms with Crippen molar-refractivity contribution in [3.8, 4) is 28.7 Å². The number of nitrogens with zero attached hydrogens (tertiary/aromatic N) is 1. The number of benzene rings is 2. The fourth-order valence-corrected chi connectivity index (χ4v) is 3.64. The van der Waals surface area contributed by atoms with Crippen LogP contribution in [0.1, 0.15) is 18.2 Å². The van der Waals surface area contributed by atoms with Gasteiger partial charge >= 0.3 is 0 Å². The van der Waals surface area contributed by atoms with E-state index < -0.39 is 10.1 Å². The van der Waals surface area contributed by atoms with Crippen molar-refractivity contribution < 1.29 is 17.7 Å². The van der Waals surface area contributed by atoms with Gasteiger partial charge in [-0.05, 0) is 53.9 Å². The Hall–Kier alpha value is -2.85. The first-order valence-corrected chi connectivity index (χ1v) is 11.2. The predicted molar refractivity (Wildman–Crippen MR) is 118 cm³/mol. The molecule has 0 aliphatic rings. The molecule has 1 heterocycles. The van der Waals surface area contributed by atoms with Crippen LogP contribution in [0.4, 0.5) is 0 Å². The predicted octanol–water partition coefficient (Wildman–Crippen LogP) is 4.70. The summed E-state index contributed by atoms with van der Waals surface area (Å²) in [6, 6.07) is 18.6. The van der Waals surface area contributed by atoms with Gasteiger partial charge in [0.2, 0.25) is 0 Å². The van der Waals surface area contributed by atoms with Crippen LogP contribution < -0.4 is 4.74 Å². The second kappa shape index (κ2) is 9.77. The van der Waals surface area contributed by atoms with Gasteiger partial charge in [-0.3, -0.25) is 4.55 Å². The Bertz CT molecular complexity index is 1150. The largest absolute Gasteiger partial charge is 0.493 e. The van der Waals surface area contributed by atoms with Gasteiger partial charge in [0.15, 0.2) is 0 Å². The molecule has 7 heteroatoms. The summed E-state index contributed by atoms with van der Waals surface area (Å²) in [5.74, 6) is 6.03.